The monoisotopic (exact) mass is 488 g/mol. The Balaban J connectivity index is 1.92. The third-order valence-electron chi connectivity index (χ3n) is 5.71. The van der Waals surface area contributed by atoms with Crippen molar-refractivity contribution in [3.8, 4) is 22.8 Å². The highest BCUT2D eigenvalue weighted by atomic mass is 32.1. The molecule has 4 rings (SSSR count). The van der Waals surface area contributed by atoms with Crippen LogP contribution >= 0.6 is 11.3 Å². The van der Waals surface area contributed by atoms with Crippen LogP contribution < -0.4 is 14.3 Å². The van der Waals surface area contributed by atoms with E-state index in [1.807, 2.05) is 83.4 Å². The summed E-state index contributed by atoms with van der Waals surface area (Å²) in [5.41, 5.74) is 3.69. The molecule has 6 nitrogen and oxygen atoms in total. The van der Waals surface area contributed by atoms with Crippen molar-refractivity contribution in [2.45, 2.75) is 19.4 Å². The number of aromatic nitrogens is 1. The molecule has 3 aromatic carbocycles. The number of carbonyl (C=O) groups excluding carboxylic acids is 1. The molecule has 0 aliphatic rings. The lowest BCUT2D eigenvalue weighted by Gasteiger charge is -2.21. The van der Waals surface area contributed by atoms with Crippen molar-refractivity contribution in [1.29, 1.82) is 0 Å². The first-order valence-electron chi connectivity index (χ1n) is 11.2. The van der Waals surface area contributed by atoms with Crippen LogP contribution in [0.2, 0.25) is 0 Å². The summed E-state index contributed by atoms with van der Waals surface area (Å²) in [7, 11) is 4.61. The number of hydrogen-bond acceptors (Lipinski definition) is 6. The minimum atomic E-state index is -0.638. The molecular weight excluding hydrogens is 460 g/mol. The van der Waals surface area contributed by atoms with Gasteiger partial charge in [-0.2, -0.15) is 0 Å². The SMILES string of the molecule is COC(=O)[C@H](Cc1ccc(OC)c(OC)c1)n1c(-c2ccccc2)c(C)sc1=Nc1ccccc1. The molecule has 1 aromatic heterocycles. The zero-order chi connectivity index (χ0) is 24.8. The van der Waals surface area contributed by atoms with Crippen molar-refractivity contribution in [1.82, 2.24) is 4.57 Å². The van der Waals surface area contributed by atoms with Gasteiger partial charge < -0.3 is 18.8 Å². The smallest absolute Gasteiger partial charge is 0.329 e. The predicted octanol–water partition coefficient (Wildman–Crippen LogP) is 5.73. The van der Waals surface area contributed by atoms with Crippen LogP contribution in [-0.2, 0) is 16.0 Å². The van der Waals surface area contributed by atoms with Crippen molar-refractivity contribution in [2.24, 2.45) is 4.99 Å². The highest BCUT2D eigenvalue weighted by Crippen LogP contribution is 2.33. The third-order valence-corrected chi connectivity index (χ3v) is 6.69. The zero-order valence-electron chi connectivity index (χ0n) is 20.2. The van der Waals surface area contributed by atoms with Crippen molar-refractivity contribution in [3.63, 3.8) is 0 Å². The molecule has 0 unspecified atom stereocenters. The number of thiazole rings is 1. The molecular formula is C28H28N2O4S. The van der Waals surface area contributed by atoms with Gasteiger partial charge in [-0.25, -0.2) is 9.79 Å². The van der Waals surface area contributed by atoms with E-state index < -0.39 is 6.04 Å². The van der Waals surface area contributed by atoms with Crippen LogP contribution in [0.3, 0.4) is 0 Å². The second-order valence-corrected chi connectivity index (χ2v) is 9.09. The van der Waals surface area contributed by atoms with E-state index in [1.54, 1.807) is 25.6 Å². The van der Waals surface area contributed by atoms with E-state index >= 15 is 0 Å². The molecule has 4 aromatic rings. The van der Waals surface area contributed by atoms with E-state index in [-0.39, 0.29) is 5.97 Å². The van der Waals surface area contributed by atoms with Gasteiger partial charge in [-0.1, -0.05) is 54.6 Å². The number of esters is 1. The Bertz CT molecular complexity index is 1360. The van der Waals surface area contributed by atoms with Crippen LogP contribution in [0, 0.1) is 6.92 Å². The average Bonchev–Trinajstić information content (AvgIpc) is 3.22. The fraction of sp³-hybridized carbons (Fsp3) is 0.214. The molecule has 0 aliphatic heterocycles. The van der Waals surface area contributed by atoms with Gasteiger partial charge >= 0.3 is 5.97 Å². The number of nitrogens with zero attached hydrogens (tertiary/aromatic N) is 2. The summed E-state index contributed by atoms with van der Waals surface area (Å²) in [5, 5.41) is 0. The average molecular weight is 489 g/mol. The van der Waals surface area contributed by atoms with Crippen molar-refractivity contribution in [3.05, 3.63) is 94.1 Å². The maximum Gasteiger partial charge on any atom is 0.329 e. The molecule has 0 amide bonds. The normalized spacial score (nSPS) is 12.3. The molecule has 0 aliphatic carbocycles. The van der Waals surface area contributed by atoms with Gasteiger partial charge in [0.25, 0.3) is 0 Å². The van der Waals surface area contributed by atoms with E-state index in [9.17, 15) is 4.79 Å². The number of carbonyl (C=O) groups is 1. The Morgan fingerprint density at radius 2 is 1.57 bits per heavy atom. The summed E-state index contributed by atoms with van der Waals surface area (Å²) in [6.45, 7) is 2.05. The second kappa shape index (κ2) is 11.1. The predicted molar refractivity (Wildman–Crippen MR) is 138 cm³/mol. The Labute approximate surface area is 209 Å². The topological polar surface area (TPSA) is 62.1 Å². The van der Waals surface area contributed by atoms with E-state index in [0.717, 1.165) is 32.2 Å². The van der Waals surface area contributed by atoms with Crippen LogP contribution in [0.25, 0.3) is 11.3 Å². The summed E-state index contributed by atoms with van der Waals surface area (Å²) >= 11 is 1.55. The third kappa shape index (κ3) is 5.30. The van der Waals surface area contributed by atoms with E-state index in [1.165, 1.54) is 7.11 Å². The van der Waals surface area contributed by atoms with E-state index in [0.29, 0.717) is 17.9 Å². The molecule has 180 valence electrons. The van der Waals surface area contributed by atoms with Crippen molar-refractivity contribution >= 4 is 23.0 Å². The first-order chi connectivity index (χ1) is 17.0. The Kier molecular flexibility index (Phi) is 7.67. The molecule has 1 atom stereocenters. The number of benzene rings is 3. The molecule has 0 radical (unpaired) electrons. The highest BCUT2D eigenvalue weighted by molar-refractivity contribution is 7.09. The van der Waals surface area contributed by atoms with E-state index in [2.05, 4.69) is 6.92 Å². The summed E-state index contributed by atoms with van der Waals surface area (Å²) in [6.07, 6.45) is 0.394. The number of hydrogen-bond donors (Lipinski definition) is 0. The van der Waals surface area contributed by atoms with Gasteiger partial charge in [-0.15, -0.1) is 11.3 Å². The fourth-order valence-corrected chi connectivity index (χ4v) is 5.12. The maximum atomic E-state index is 13.3. The first kappa shape index (κ1) is 24.3. The van der Waals surface area contributed by atoms with Gasteiger partial charge in [0.1, 0.15) is 6.04 Å². The van der Waals surface area contributed by atoms with Crippen LogP contribution in [-0.4, -0.2) is 31.9 Å². The lowest BCUT2D eigenvalue weighted by Crippen LogP contribution is -2.30. The van der Waals surface area contributed by atoms with Crippen LogP contribution in [0.4, 0.5) is 5.69 Å². The molecule has 0 N–H and O–H groups in total. The second-order valence-electron chi connectivity index (χ2n) is 7.91. The Morgan fingerprint density at radius 1 is 0.914 bits per heavy atom. The van der Waals surface area contributed by atoms with Gasteiger partial charge in [0.05, 0.1) is 32.7 Å². The summed E-state index contributed by atoms with van der Waals surface area (Å²) in [5.74, 6) is 0.900. The number of ether oxygens (including phenoxy) is 3. The molecule has 0 fully saturated rings. The van der Waals surface area contributed by atoms with Crippen molar-refractivity contribution < 1.29 is 19.0 Å². The zero-order valence-corrected chi connectivity index (χ0v) is 21.0. The number of aryl methyl sites for hydroxylation is 1. The van der Waals surface area contributed by atoms with Crippen LogP contribution in [0.1, 0.15) is 16.5 Å². The van der Waals surface area contributed by atoms with Gasteiger partial charge in [-0.05, 0) is 42.3 Å². The Morgan fingerprint density at radius 3 is 2.20 bits per heavy atom. The molecule has 0 bridgehead atoms. The van der Waals surface area contributed by atoms with E-state index in [4.69, 9.17) is 19.2 Å². The van der Waals surface area contributed by atoms with Crippen LogP contribution in [0.15, 0.2) is 83.9 Å². The quantitative estimate of drug-likeness (QED) is 0.297. The largest absolute Gasteiger partial charge is 0.493 e. The number of rotatable bonds is 8. The minimum absolute atomic E-state index is 0.343. The molecule has 35 heavy (non-hydrogen) atoms. The standard InChI is InChI=1S/C28H28N2O4S/c1-19-26(21-11-7-5-8-12-21)30(28(35-19)29-22-13-9-6-10-14-22)23(27(31)34-4)17-20-15-16-24(32-2)25(18-20)33-3/h5-16,18,23H,17H2,1-4H3/t23-/m0/s1. The summed E-state index contributed by atoms with van der Waals surface area (Å²) in [6, 6.07) is 24.8. The molecule has 1 heterocycles. The summed E-state index contributed by atoms with van der Waals surface area (Å²) in [4.78, 5) is 20.0. The number of methoxy groups -OCH3 is 3. The van der Waals surface area contributed by atoms with Gasteiger partial charge in [0, 0.05) is 11.3 Å². The summed E-state index contributed by atoms with van der Waals surface area (Å²) < 4.78 is 18.2. The van der Waals surface area contributed by atoms with Crippen LogP contribution in [0.5, 0.6) is 11.5 Å². The lowest BCUT2D eigenvalue weighted by atomic mass is 10.0. The molecule has 0 spiro atoms. The lowest BCUT2D eigenvalue weighted by molar-refractivity contribution is -0.144. The number of para-hydroxylation sites is 1. The Hall–Kier alpha value is -3.84. The first-order valence-corrected chi connectivity index (χ1v) is 12.0. The van der Waals surface area contributed by atoms with Gasteiger partial charge in [-0.3, -0.25) is 0 Å². The van der Waals surface area contributed by atoms with Gasteiger partial charge in [0.15, 0.2) is 16.3 Å². The minimum Gasteiger partial charge on any atom is -0.493 e. The van der Waals surface area contributed by atoms with Crippen molar-refractivity contribution in [2.75, 3.05) is 21.3 Å². The molecule has 0 saturated carbocycles. The highest BCUT2D eigenvalue weighted by Gasteiger charge is 2.28. The molecule has 7 heteroatoms. The maximum absolute atomic E-state index is 13.3. The van der Waals surface area contributed by atoms with Gasteiger partial charge in [0.2, 0.25) is 0 Å². The molecule has 0 saturated heterocycles. The fourth-order valence-electron chi connectivity index (χ4n) is 4.06.